The second-order valence-corrected chi connectivity index (χ2v) is 8.08. The van der Waals surface area contributed by atoms with Crippen molar-refractivity contribution in [3.63, 3.8) is 0 Å². The fourth-order valence-corrected chi connectivity index (χ4v) is 4.81. The predicted octanol–water partition coefficient (Wildman–Crippen LogP) is 2.71. The van der Waals surface area contributed by atoms with Gasteiger partial charge in [-0.05, 0) is 32.8 Å². The van der Waals surface area contributed by atoms with E-state index < -0.39 is 17.8 Å². The molecule has 29 heavy (non-hydrogen) atoms. The molecule has 8 nitrogen and oxygen atoms in total. The van der Waals surface area contributed by atoms with Crippen molar-refractivity contribution in [3.8, 4) is 0 Å². The van der Waals surface area contributed by atoms with Gasteiger partial charge >= 0.3 is 11.9 Å². The highest BCUT2D eigenvalue weighted by atomic mass is 32.2. The summed E-state index contributed by atoms with van der Waals surface area (Å²) in [6.07, 6.45) is 1.92. The number of anilines is 1. The Hall–Kier alpha value is -2.33. The smallest absolute Gasteiger partial charge is 0.341 e. The first-order valence-corrected chi connectivity index (χ1v) is 11.0. The van der Waals surface area contributed by atoms with Crippen LogP contribution in [0.3, 0.4) is 0 Å². The zero-order chi connectivity index (χ0) is 21.6. The second kappa shape index (κ2) is 10.4. The SMILES string of the molecule is CCOC(=O)/C=C1\SCC(=O)N1CC(=O)Nc1sc(CC)c(C)c1C(=O)OCC. The minimum Gasteiger partial charge on any atom is -0.463 e. The lowest BCUT2D eigenvalue weighted by Gasteiger charge is -2.16. The topological polar surface area (TPSA) is 102 Å². The Morgan fingerprint density at radius 3 is 2.48 bits per heavy atom. The second-order valence-electron chi connectivity index (χ2n) is 5.98. The number of ether oxygens (including phenoxy) is 2. The summed E-state index contributed by atoms with van der Waals surface area (Å²) in [7, 11) is 0. The van der Waals surface area contributed by atoms with Crippen LogP contribution in [0.25, 0.3) is 0 Å². The molecule has 0 spiro atoms. The van der Waals surface area contributed by atoms with E-state index in [2.05, 4.69) is 5.32 Å². The lowest BCUT2D eigenvalue weighted by Crippen LogP contribution is -2.34. The van der Waals surface area contributed by atoms with Gasteiger partial charge in [-0.2, -0.15) is 0 Å². The number of aryl methyl sites for hydroxylation is 1. The lowest BCUT2D eigenvalue weighted by atomic mass is 10.1. The van der Waals surface area contributed by atoms with Gasteiger partial charge in [0, 0.05) is 4.88 Å². The third-order valence-electron chi connectivity index (χ3n) is 4.04. The Bertz CT molecular complexity index is 846. The molecule has 2 amide bonds. The van der Waals surface area contributed by atoms with E-state index in [4.69, 9.17) is 9.47 Å². The van der Waals surface area contributed by atoms with E-state index in [0.29, 0.717) is 22.0 Å². The van der Waals surface area contributed by atoms with E-state index >= 15 is 0 Å². The first-order valence-electron chi connectivity index (χ1n) is 9.23. The van der Waals surface area contributed by atoms with Crippen molar-refractivity contribution in [2.75, 3.05) is 30.8 Å². The third-order valence-corrected chi connectivity index (χ3v) is 6.42. The van der Waals surface area contributed by atoms with E-state index in [-0.39, 0.29) is 31.4 Å². The monoisotopic (exact) mass is 440 g/mol. The van der Waals surface area contributed by atoms with Crippen molar-refractivity contribution in [1.29, 1.82) is 0 Å². The van der Waals surface area contributed by atoms with Crippen LogP contribution in [0, 0.1) is 6.92 Å². The van der Waals surface area contributed by atoms with Gasteiger partial charge < -0.3 is 14.8 Å². The van der Waals surface area contributed by atoms with Crippen LogP contribution in [0.5, 0.6) is 0 Å². The van der Waals surface area contributed by atoms with Gasteiger partial charge in [-0.3, -0.25) is 14.5 Å². The first-order chi connectivity index (χ1) is 13.8. The molecular formula is C19H24N2O6S2. The molecule has 1 saturated heterocycles. The summed E-state index contributed by atoms with van der Waals surface area (Å²) >= 11 is 2.49. The van der Waals surface area contributed by atoms with Gasteiger partial charge in [-0.1, -0.05) is 18.7 Å². The quantitative estimate of drug-likeness (QED) is 0.490. The number of nitrogens with zero attached hydrogens (tertiary/aromatic N) is 1. The van der Waals surface area contributed by atoms with Crippen molar-refractivity contribution in [2.45, 2.75) is 34.1 Å². The molecule has 1 aliphatic rings. The summed E-state index contributed by atoms with van der Waals surface area (Å²) in [6, 6.07) is 0. The molecule has 158 valence electrons. The minimum atomic E-state index is -0.568. The summed E-state index contributed by atoms with van der Waals surface area (Å²) in [5.74, 6) is -1.66. The zero-order valence-electron chi connectivity index (χ0n) is 16.8. The molecule has 10 heteroatoms. The number of esters is 2. The van der Waals surface area contributed by atoms with Crippen LogP contribution >= 0.6 is 23.1 Å². The third kappa shape index (κ3) is 5.60. The molecule has 1 aromatic rings. The van der Waals surface area contributed by atoms with E-state index in [1.165, 1.54) is 34.1 Å². The molecule has 0 saturated carbocycles. The summed E-state index contributed by atoms with van der Waals surface area (Å²) in [5, 5.41) is 3.49. The average molecular weight is 441 g/mol. The molecular weight excluding hydrogens is 416 g/mol. The summed E-state index contributed by atoms with van der Waals surface area (Å²) < 4.78 is 9.98. The molecule has 0 radical (unpaired) electrons. The van der Waals surface area contributed by atoms with E-state index in [9.17, 15) is 19.2 Å². The average Bonchev–Trinajstić information content (AvgIpc) is 3.15. The Balaban J connectivity index is 2.19. The van der Waals surface area contributed by atoms with Crippen molar-refractivity contribution in [2.24, 2.45) is 0 Å². The summed E-state index contributed by atoms with van der Waals surface area (Å²) in [5.41, 5.74) is 1.12. The number of hydrogen-bond donors (Lipinski definition) is 1. The molecule has 0 atom stereocenters. The zero-order valence-corrected chi connectivity index (χ0v) is 18.5. The molecule has 1 fully saturated rings. The van der Waals surface area contributed by atoms with Crippen LogP contribution in [0.4, 0.5) is 5.00 Å². The highest BCUT2D eigenvalue weighted by Gasteiger charge is 2.30. The number of hydrogen-bond acceptors (Lipinski definition) is 8. The van der Waals surface area contributed by atoms with Crippen molar-refractivity contribution < 1.29 is 28.7 Å². The minimum absolute atomic E-state index is 0.144. The number of thiophene rings is 1. The lowest BCUT2D eigenvalue weighted by molar-refractivity contribution is -0.137. The molecule has 2 rings (SSSR count). The van der Waals surface area contributed by atoms with Crippen molar-refractivity contribution in [1.82, 2.24) is 4.90 Å². The molecule has 1 aliphatic heterocycles. The Kier molecular flexibility index (Phi) is 8.27. The maximum Gasteiger partial charge on any atom is 0.341 e. The van der Waals surface area contributed by atoms with Gasteiger partial charge in [-0.25, -0.2) is 9.59 Å². The molecule has 0 unspecified atom stereocenters. The molecule has 0 aromatic carbocycles. The van der Waals surface area contributed by atoms with Crippen LogP contribution in [0.15, 0.2) is 11.1 Å². The largest absolute Gasteiger partial charge is 0.463 e. The molecule has 1 N–H and O–H groups in total. The van der Waals surface area contributed by atoms with Gasteiger partial charge in [0.1, 0.15) is 11.5 Å². The molecule has 1 aromatic heterocycles. The maximum atomic E-state index is 12.6. The normalized spacial score (nSPS) is 15.0. The summed E-state index contributed by atoms with van der Waals surface area (Å²) in [6.45, 7) is 7.36. The van der Waals surface area contributed by atoms with E-state index in [0.717, 1.165) is 10.4 Å². The van der Waals surface area contributed by atoms with E-state index in [1.54, 1.807) is 13.8 Å². The van der Waals surface area contributed by atoms with Gasteiger partial charge in [0.2, 0.25) is 11.8 Å². The fraction of sp³-hybridized carbons (Fsp3) is 0.474. The molecule has 0 bridgehead atoms. The van der Waals surface area contributed by atoms with Gasteiger partial charge in [-0.15, -0.1) is 11.3 Å². The van der Waals surface area contributed by atoms with Crippen LogP contribution in [0.1, 0.15) is 41.6 Å². The van der Waals surface area contributed by atoms with Gasteiger partial charge in [0.15, 0.2) is 0 Å². The summed E-state index contributed by atoms with van der Waals surface area (Å²) in [4.78, 5) is 51.0. The number of nitrogens with one attached hydrogen (secondary N) is 1. The molecule has 0 aliphatic carbocycles. The number of carbonyl (C=O) groups is 4. The number of rotatable bonds is 8. The Labute approximate surface area is 177 Å². The van der Waals surface area contributed by atoms with Crippen LogP contribution in [0.2, 0.25) is 0 Å². The molecule has 2 heterocycles. The van der Waals surface area contributed by atoms with Gasteiger partial charge in [0.25, 0.3) is 0 Å². The van der Waals surface area contributed by atoms with Crippen LogP contribution in [-0.2, 0) is 30.3 Å². The predicted molar refractivity (Wildman–Crippen MR) is 112 cm³/mol. The Morgan fingerprint density at radius 1 is 1.17 bits per heavy atom. The highest BCUT2D eigenvalue weighted by Crippen LogP contribution is 2.34. The highest BCUT2D eigenvalue weighted by molar-refractivity contribution is 8.04. The number of amides is 2. The van der Waals surface area contributed by atoms with Crippen LogP contribution in [-0.4, -0.2) is 54.2 Å². The first kappa shape index (κ1) is 23.0. The van der Waals surface area contributed by atoms with Gasteiger partial charge in [0.05, 0.1) is 35.6 Å². The number of thioether (sulfide) groups is 1. The fourth-order valence-electron chi connectivity index (χ4n) is 2.73. The Morgan fingerprint density at radius 2 is 1.86 bits per heavy atom. The maximum absolute atomic E-state index is 12.6. The van der Waals surface area contributed by atoms with E-state index in [1.807, 2.05) is 13.8 Å². The van der Waals surface area contributed by atoms with Crippen molar-refractivity contribution >= 4 is 51.9 Å². The standard InChI is InChI=1S/C19H24N2O6S2/c1-5-12-11(4)17(19(25)27-7-3)18(29-12)20-13(22)9-21-14(23)10-28-15(21)8-16(24)26-6-2/h8H,5-7,9-10H2,1-4H3,(H,20,22)/b15-8-. The van der Waals surface area contributed by atoms with Crippen molar-refractivity contribution in [3.05, 3.63) is 27.1 Å². The van der Waals surface area contributed by atoms with Crippen LogP contribution < -0.4 is 5.32 Å². The number of carbonyl (C=O) groups excluding carboxylic acids is 4.